The van der Waals surface area contributed by atoms with E-state index < -0.39 is 0 Å². The summed E-state index contributed by atoms with van der Waals surface area (Å²) in [5, 5.41) is 0. The summed E-state index contributed by atoms with van der Waals surface area (Å²) in [4.78, 5) is 12.0. The fraction of sp³-hybridized carbons (Fsp3) is 0.143. The lowest BCUT2D eigenvalue weighted by molar-refractivity contribution is 0.398. The first kappa shape index (κ1) is 17.2. The number of aromatic amines is 1. The molecule has 3 N–H and O–H groups in total. The number of methoxy groups -OCH3 is 1. The minimum absolute atomic E-state index is 0.262. The van der Waals surface area contributed by atoms with Gasteiger partial charge in [0, 0.05) is 12.3 Å². The molecule has 27 heavy (non-hydrogen) atoms. The van der Waals surface area contributed by atoms with Gasteiger partial charge in [-0.25, -0.2) is 14.4 Å². The Hall–Kier alpha value is -3.25. The van der Waals surface area contributed by atoms with E-state index in [-0.39, 0.29) is 11.9 Å². The number of halogens is 1. The molecule has 0 bridgehead atoms. The molecule has 0 aliphatic heterocycles. The number of pyridine rings is 1. The van der Waals surface area contributed by atoms with E-state index in [1.165, 1.54) is 12.1 Å². The molecule has 0 unspecified atom stereocenters. The number of nitrogens with zero attached hydrogens (tertiary/aromatic N) is 2. The van der Waals surface area contributed by atoms with E-state index in [2.05, 4.69) is 15.0 Å². The first-order valence-corrected chi connectivity index (χ1v) is 8.62. The maximum atomic E-state index is 13.4. The Morgan fingerprint density at radius 1 is 1.11 bits per heavy atom. The normalized spacial score (nSPS) is 12.3. The van der Waals surface area contributed by atoms with Gasteiger partial charge < -0.3 is 15.5 Å². The predicted octanol–water partition coefficient (Wildman–Crippen LogP) is 4.02. The van der Waals surface area contributed by atoms with Gasteiger partial charge in [0.15, 0.2) is 0 Å². The van der Waals surface area contributed by atoms with Crippen molar-refractivity contribution in [2.24, 2.45) is 5.73 Å². The van der Waals surface area contributed by atoms with Gasteiger partial charge >= 0.3 is 0 Å². The van der Waals surface area contributed by atoms with Crippen LogP contribution in [-0.4, -0.2) is 22.1 Å². The standard InChI is InChI=1S/C21H19FN4O/c1-27-20-12-15(7-8-24-20)14-5-6-18-19(11-14)26-21(25-18)17(23)10-13-3-2-4-16(22)9-13/h2-9,11-12,17H,10,23H2,1H3,(H,25,26)/t17-/m1/s1. The van der Waals surface area contributed by atoms with Gasteiger partial charge in [-0.2, -0.15) is 0 Å². The number of H-pyrrole nitrogens is 1. The number of ether oxygens (including phenoxy) is 1. The highest BCUT2D eigenvalue weighted by Gasteiger charge is 2.13. The van der Waals surface area contributed by atoms with Crippen LogP contribution in [0.2, 0.25) is 0 Å². The number of aromatic nitrogens is 3. The summed E-state index contributed by atoms with van der Waals surface area (Å²) in [6.07, 6.45) is 2.22. The van der Waals surface area contributed by atoms with Crippen molar-refractivity contribution < 1.29 is 9.13 Å². The second-order valence-electron chi connectivity index (χ2n) is 6.38. The minimum atomic E-state index is -0.344. The van der Waals surface area contributed by atoms with E-state index in [0.717, 1.165) is 27.7 Å². The Balaban J connectivity index is 1.62. The smallest absolute Gasteiger partial charge is 0.213 e. The van der Waals surface area contributed by atoms with Crippen molar-refractivity contribution in [2.75, 3.05) is 7.11 Å². The van der Waals surface area contributed by atoms with Crippen molar-refractivity contribution >= 4 is 11.0 Å². The number of hydrogen-bond donors (Lipinski definition) is 2. The quantitative estimate of drug-likeness (QED) is 0.562. The summed E-state index contributed by atoms with van der Waals surface area (Å²) in [6.45, 7) is 0. The van der Waals surface area contributed by atoms with Crippen LogP contribution in [0, 0.1) is 5.82 Å². The Morgan fingerprint density at radius 2 is 1.96 bits per heavy atom. The van der Waals surface area contributed by atoms with Crippen LogP contribution < -0.4 is 10.5 Å². The number of nitrogens with one attached hydrogen (secondary N) is 1. The van der Waals surface area contributed by atoms with Crippen LogP contribution in [-0.2, 0) is 6.42 Å². The molecule has 6 heteroatoms. The van der Waals surface area contributed by atoms with Gasteiger partial charge in [-0.15, -0.1) is 0 Å². The van der Waals surface area contributed by atoms with Gasteiger partial charge in [-0.1, -0.05) is 18.2 Å². The van der Waals surface area contributed by atoms with Crippen molar-refractivity contribution in [3.05, 3.63) is 78.0 Å². The van der Waals surface area contributed by atoms with Crippen LogP contribution in [0.4, 0.5) is 4.39 Å². The zero-order valence-corrected chi connectivity index (χ0v) is 14.8. The minimum Gasteiger partial charge on any atom is -0.481 e. The van der Waals surface area contributed by atoms with Crippen LogP contribution in [0.1, 0.15) is 17.4 Å². The fourth-order valence-corrected chi connectivity index (χ4v) is 3.10. The van der Waals surface area contributed by atoms with Gasteiger partial charge in [0.2, 0.25) is 5.88 Å². The summed E-state index contributed by atoms with van der Waals surface area (Å²) < 4.78 is 18.6. The monoisotopic (exact) mass is 362 g/mol. The van der Waals surface area contributed by atoms with Gasteiger partial charge in [0.05, 0.1) is 24.2 Å². The van der Waals surface area contributed by atoms with Crippen LogP contribution in [0.25, 0.3) is 22.2 Å². The van der Waals surface area contributed by atoms with Crippen LogP contribution in [0.15, 0.2) is 60.8 Å². The Labute approximate surface area is 156 Å². The second kappa shape index (κ2) is 7.17. The maximum absolute atomic E-state index is 13.4. The summed E-state index contributed by atoms with van der Waals surface area (Å²) in [6, 6.07) is 15.9. The molecule has 4 rings (SSSR count). The molecule has 0 fully saturated rings. The van der Waals surface area contributed by atoms with Crippen LogP contribution in [0.5, 0.6) is 5.88 Å². The zero-order chi connectivity index (χ0) is 18.8. The third-order valence-corrected chi connectivity index (χ3v) is 4.47. The van der Waals surface area contributed by atoms with Gasteiger partial charge in [-0.05, 0) is 53.4 Å². The third-order valence-electron chi connectivity index (χ3n) is 4.47. The SMILES string of the molecule is COc1cc(-c2ccc3nc([C@H](N)Cc4cccc(F)c4)[nH]c3c2)ccn1. The molecule has 0 saturated carbocycles. The summed E-state index contributed by atoms with van der Waals surface area (Å²) >= 11 is 0. The Morgan fingerprint density at radius 3 is 2.78 bits per heavy atom. The van der Waals surface area contributed by atoms with Crippen molar-refractivity contribution in [3.8, 4) is 17.0 Å². The predicted molar refractivity (Wildman–Crippen MR) is 103 cm³/mol. The molecule has 0 radical (unpaired) electrons. The first-order chi connectivity index (χ1) is 13.1. The molecule has 2 heterocycles. The number of hydrogen-bond acceptors (Lipinski definition) is 4. The topological polar surface area (TPSA) is 76.8 Å². The molecule has 0 aliphatic rings. The molecule has 2 aromatic carbocycles. The zero-order valence-electron chi connectivity index (χ0n) is 14.8. The van der Waals surface area contributed by atoms with Crippen LogP contribution >= 0.6 is 0 Å². The van der Waals surface area contributed by atoms with Crippen molar-refractivity contribution in [2.45, 2.75) is 12.5 Å². The molecule has 0 spiro atoms. The lowest BCUT2D eigenvalue weighted by atomic mass is 10.1. The Kier molecular flexibility index (Phi) is 4.56. The maximum Gasteiger partial charge on any atom is 0.213 e. The second-order valence-corrected chi connectivity index (χ2v) is 6.38. The van der Waals surface area contributed by atoms with E-state index in [0.29, 0.717) is 18.1 Å². The lowest BCUT2D eigenvalue weighted by Gasteiger charge is -2.08. The fourth-order valence-electron chi connectivity index (χ4n) is 3.10. The number of nitrogens with two attached hydrogens (primary N) is 1. The molecule has 0 saturated heterocycles. The lowest BCUT2D eigenvalue weighted by Crippen LogP contribution is -2.15. The molecule has 5 nitrogen and oxygen atoms in total. The molecule has 4 aromatic rings. The van der Waals surface area contributed by atoms with Crippen LogP contribution in [0.3, 0.4) is 0 Å². The highest BCUT2D eigenvalue weighted by Crippen LogP contribution is 2.26. The van der Waals surface area contributed by atoms with E-state index in [9.17, 15) is 4.39 Å². The third kappa shape index (κ3) is 3.66. The van der Waals surface area contributed by atoms with Crippen molar-refractivity contribution in [3.63, 3.8) is 0 Å². The highest BCUT2D eigenvalue weighted by molar-refractivity contribution is 5.82. The average molecular weight is 362 g/mol. The molecular formula is C21H19FN4O. The first-order valence-electron chi connectivity index (χ1n) is 8.62. The molecular weight excluding hydrogens is 343 g/mol. The highest BCUT2D eigenvalue weighted by atomic mass is 19.1. The van der Waals surface area contributed by atoms with Gasteiger partial charge in [0.1, 0.15) is 11.6 Å². The van der Waals surface area contributed by atoms with Crippen molar-refractivity contribution in [1.82, 2.24) is 15.0 Å². The van der Waals surface area contributed by atoms with E-state index in [1.54, 1.807) is 19.4 Å². The summed E-state index contributed by atoms with van der Waals surface area (Å²) in [7, 11) is 1.59. The summed E-state index contributed by atoms with van der Waals surface area (Å²) in [5.41, 5.74) is 10.9. The number of fused-ring (bicyclic) bond motifs is 1. The average Bonchev–Trinajstić information content (AvgIpc) is 3.11. The van der Waals surface area contributed by atoms with E-state index in [1.807, 2.05) is 36.4 Å². The largest absolute Gasteiger partial charge is 0.481 e. The van der Waals surface area contributed by atoms with E-state index in [4.69, 9.17) is 10.5 Å². The molecule has 0 amide bonds. The number of imidazole rings is 1. The molecule has 1 atom stereocenters. The molecule has 2 aromatic heterocycles. The van der Waals surface area contributed by atoms with E-state index >= 15 is 0 Å². The van der Waals surface area contributed by atoms with Gasteiger partial charge in [0.25, 0.3) is 0 Å². The molecule has 136 valence electrons. The van der Waals surface area contributed by atoms with Gasteiger partial charge in [-0.3, -0.25) is 0 Å². The number of rotatable bonds is 5. The molecule has 0 aliphatic carbocycles. The Bertz CT molecular complexity index is 1090. The number of benzene rings is 2. The van der Waals surface area contributed by atoms with Crippen molar-refractivity contribution in [1.29, 1.82) is 0 Å². The summed E-state index contributed by atoms with van der Waals surface area (Å²) in [5.74, 6) is 0.982.